The summed E-state index contributed by atoms with van der Waals surface area (Å²) in [5.74, 6) is -3.64. The molecule has 8 heteroatoms. The molecule has 0 aliphatic heterocycles. The van der Waals surface area contributed by atoms with Crippen molar-refractivity contribution in [1.29, 1.82) is 0 Å². The molecule has 0 radical (unpaired) electrons. The van der Waals surface area contributed by atoms with Crippen LogP contribution in [0, 0.1) is 0 Å². The van der Waals surface area contributed by atoms with Crippen molar-refractivity contribution < 1.29 is 26.7 Å². The Balaban J connectivity index is 3.41. The van der Waals surface area contributed by atoms with Gasteiger partial charge in [0.2, 0.25) is 20.9 Å². The molecular formula is C9H9F2NO4S. The molecule has 0 aromatic carbocycles. The van der Waals surface area contributed by atoms with Crippen molar-refractivity contribution in [1.82, 2.24) is 0 Å². The molecular weight excluding hydrogens is 256 g/mol. The molecule has 1 rings (SSSR count). The molecule has 0 aromatic rings. The summed E-state index contributed by atoms with van der Waals surface area (Å²) in [6.07, 6.45) is 5.86. The minimum atomic E-state index is -4.95. The largest absolute Gasteiger partial charge is 0.357 e. The highest BCUT2D eigenvalue weighted by Gasteiger charge is 2.53. The molecule has 0 heterocycles. The number of hydrogen-bond acceptors (Lipinski definition) is 5. The van der Waals surface area contributed by atoms with E-state index in [0.717, 1.165) is 19.3 Å². The van der Waals surface area contributed by atoms with Crippen LogP contribution in [0.5, 0.6) is 0 Å². The van der Waals surface area contributed by atoms with Crippen LogP contribution < -0.4 is 0 Å². The lowest BCUT2D eigenvalue weighted by atomic mass is 10.1. The summed E-state index contributed by atoms with van der Waals surface area (Å²) in [6, 6.07) is -1.38. The van der Waals surface area contributed by atoms with Crippen LogP contribution in [0.4, 0.5) is 8.78 Å². The van der Waals surface area contributed by atoms with Crippen LogP contribution >= 0.6 is 0 Å². The predicted molar refractivity (Wildman–Crippen MR) is 54.9 cm³/mol. The molecule has 0 N–H and O–H groups in total. The van der Waals surface area contributed by atoms with E-state index in [1.807, 2.05) is 0 Å². The van der Waals surface area contributed by atoms with Gasteiger partial charge in [-0.1, -0.05) is 18.2 Å². The maximum atomic E-state index is 12.6. The van der Waals surface area contributed by atoms with Crippen LogP contribution in [0.2, 0.25) is 0 Å². The monoisotopic (exact) mass is 265 g/mol. The van der Waals surface area contributed by atoms with Crippen molar-refractivity contribution >= 4 is 15.9 Å². The SMILES string of the molecule is COC1(S(=O)(=O)C(F)F)C=CC=CC1N=C=O. The normalized spacial score (nSPS) is 28.1. The van der Waals surface area contributed by atoms with E-state index >= 15 is 0 Å². The predicted octanol–water partition coefficient (Wildman–Crippen LogP) is 0.797. The first kappa shape index (κ1) is 13.7. The first-order valence-corrected chi connectivity index (χ1v) is 5.96. The molecule has 0 saturated carbocycles. The zero-order valence-electron chi connectivity index (χ0n) is 8.71. The second-order valence-corrected chi connectivity index (χ2v) is 5.22. The van der Waals surface area contributed by atoms with E-state index in [1.165, 1.54) is 18.2 Å². The van der Waals surface area contributed by atoms with Gasteiger partial charge in [0.15, 0.2) is 0 Å². The Bertz CT molecular complexity index is 493. The van der Waals surface area contributed by atoms with Crippen LogP contribution in [-0.2, 0) is 19.4 Å². The number of halogens is 2. The van der Waals surface area contributed by atoms with Crippen molar-refractivity contribution in [3.63, 3.8) is 0 Å². The molecule has 2 atom stereocenters. The van der Waals surface area contributed by atoms with Gasteiger partial charge < -0.3 is 4.74 Å². The topological polar surface area (TPSA) is 72.8 Å². The van der Waals surface area contributed by atoms with Crippen LogP contribution in [0.1, 0.15) is 0 Å². The standard InChI is InChI=1S/C9H9F2NO4S/c1-16-9(17(14,15)8(10)11)5-3-2-4-7(9)12-6-13/h2-5,7-8H,1H3. The number of aliphatic imine (C=N–C) groups is 1. The summed E-state index contributed by atoms with van der Waals surface area (Å²) in [7, 11) is -3.99. The van der Waals surface area contributed by atoms with Gasteiger partial charge in [0.1, 0.15) is 6.04 Å². The van der Waals surface area contributed by atoms with E-state index in [9.17, 15) is 22.0 Å². The highest BCUT2D eigenvalue weighted by Crippen LogP contribution is 2.34. The van der Waals surface area contributed by atoms with E-state index in [0.29, 0.717) is 0 Å². The zero-order valence-corrected chi connectivity index (χ0v) is 9.52. The summed E-state index contributed by atoms with van der Waals surface area (Å²) in [6.45, 7) is 0. The summed E-state index contributed by atoms with van der Waals surface area (Å²) in [5, 5.41) is 0. The van der Waals surface area contributed by atoms with E-state index in [2.05, 4.69) is 4.99 Å². The third-order valence-corrected chi connectivity index (χ3v) is 4.24. The first-order chi connectivity index (χ1) is 7.92. The van der Waals surface area contributed by atoms with Gasteiger partial charge in [0, 0.05) is 7.11 Å². The molecule has 1 aliphatic carbocycles. The number of carbonyl (C=O) groups excluding carboxylic acids is 1. The van der Waals surface area contributed by atoms with Gasteiger partial charge in [-0.3, -0.25) is 0 Å². The Hall–Kier alpha value is -1.37. The Labute approximate surface area is 96.4 Å². The Morgan fingerprint density at radius 2 is 2.12 bits per heavy atom. The molecule has 0 saturated heterocycles. The van der Waals surface area contributed by atoms with Gasteiger partial charge in [-0.25, -0.2) is 13.2 Å². The first-order valence-electron chi connectivity index (χ1n) is 4.42. The summed E-state index contributed by atoms with van der Waals surface area (Å²) in [4.78, 5) is 11.0. The van der Waals surface area contributed by atoms with Gasteiger partial charge in [-0.15, -0.1) is 0 Å². The smallest absolute Gasteiger partial charge is 0.340 e. The maximum absolute atomic E-state index is 12.6. The molecule has 0 bridgehead atoms. The molecule has 17 heavy (non-hydrogen) atoms. The van der Waals surface area contributed by atoms with Crippen LogP contribution in [0.15, 0.2) is 29.3 Å². The number of methoxy groups -OCH3 is 1. The van der Waals surface area contributed by atoms with Crippen LogP contribution in [0.25, 0.3) is 0 Å². The molecule has 1 aliphatic rings. The fraction of sp³-hybridized carbons (Fsp3) is 0.444. The van der Waals surface area contributed by atoms with Gasteiger partial charge in [-0.05, 0) is 6.08 Å². The Morgan fingerprint density at radius 1 is 1.47 bits per heavy atom. The van der Waals surface area contributed by atoms with E-state index in [-0.39, 0.29) is 0 Å². The van der Waals surface area contributed by atoms with Gasteiger partial charge in [-0.2, -0.15) is 13.8 Å². The highest BCUT2D eigenvalue weighted by atomic mass is 32.2. The molecule has 94 valence electrons. The number of nitrogens with zero attached hydrogens (tertiary/aromatic N) is 1. The molecule has 2 unspecified atom stereocenters. The number of ether oxygens (including phenoxy) is 1. The Kier molecular flexibility index (Phi) is 3.92. The third-order valence-electron chi connectivity index (χ3n) is 2.34. The lowest BCUT2D eigenvalue weighted by Gasteiger charge is -2.32. The van der Waals surface area contributed by atoms with Gasteiger partial charge >= 0.3 is 5.76 Å². The summed E-state index contributed by atoms with van der Waals surface area (Å²) in [5.41, 5.74) is 0. The van der Waals surface area contributed by atoms with E-state index in [4.69, 9.17) is 4.74 Å². The number of isocyanates is 1. The summed E-state index contributed by atoms with van der Waals surface area (Å²) >= 11 is 0. The average molecular weight is 265 g/mol. The number of alkyl halides is 2. The summed E-state index contributed by atoms with van der Waals surface area (Å²) < 4.78 is 53.0. The molecule has 0 aromatic heterocycles. The second kappa shape index (κ2) is 4.87. The highest BCUT2D eigenvalue weighted by molar-refractivity contribution is 7.93. The lowest BCUT2D eigenvalue weighted by Crippen LogP contribution is -2.51. The maximum Gasteiger partial charge on any atom is 0.340 e. The fourth-order valence-electron chi connectivity index (χ4n) is 1.49. The number of hydrogen-bond donors (Lipinski definition) is 0. The third kappa shape index (κ3) is 2.06. The number of sulfone groups is 1. The second-order valence-electron chi connectivity index (χ2n) is 3.14. The molecule has 0 spiro atoms. The van der Waals surface area contributed by atoms with Crippen molar-refractivity contribution in [3.8, 4) is 0 Å². The van der Waals surface area contributed by atoms with Crippen LogP contribution in [0.3, 0.4) is 0 Å². The average Bonchev–Trinajstić information content (AvgIpc) is 2.29. The fourth-order valence-corrected chi connectivity index (χ4v) is 2.74. The van der Waals surface area contributed by atoms with Crippen molar-refractivity contribution in [3.05, 3.63) is 24.3 Å². The zero-order chi connectivity index (χ0) is 13.1. The molecule has 0 amide bonds. The minimum absolute atomic E-state index is 0.931. The lowest BCUT2D eigenvalue weighted by molar-refractivity contribution is 0.0814. The van der Waals surface area contributed by atoms with Gasteiger partial charge in [0.05, 0.1) is 0 Å². The van der Waals surface area contributed by atoms with Crippen LogP contribution in [-0.4, -0.2) is 38.3 Å². The Morgan fingerprint density at radius 3 is 2.59 bits per heavy atom. The van der Waals surface area contributed by atoms with Crippen molar-refractivity contribution in [2.75, 3.05) is 7.11 Å². The van der Waals surface area contributed by atoms with Crippen molar-refractivity contribution in [2.24, 2.45) is 4.99 Å². The van der Waals surface area contributed by atoms with E-state index < -0.39 is 26.6 Å². The minimum Gasteiger partial charge on any atom is -0.357 e. The molecule has 5 nitrogen and oxygen atoms in total. The molecule has 0 fully saturated rings. The van der Waals surface area contributed by atoms with Crippen molar-refractivity contribution in [2.45, 2.75) is 16.7 Å². The number of rotatable bonds is 4. The van der Waals surface area contributed by atoms with Gasteiger partial charge in [0.25, 0.3) is 0 Å². The number of allylic oxidation sites excluding steroid dienone is 2. The van der Waals surface area contributed by atoms with E-state index in [1.54, 1.807) is 0 Å². The quantitative estimate of drug-likeness (QED) is 0.556.